The summed E-state index contributed by atoms with van der Waals surface area (Å²) in [4.78, 5) is 12.0. The first-order valence-corrected chi connectivity index (χ1v) is 6.44. The summed E-state index contributed by atoms with van der Waals surface area (Å²) in [6.07, 6.45) is 3.28. The molecular formula is C15H14N4O2. The fourth-order valence-corrected chi connectivity index (χ4v) is 1.93. The molecule has 21 heavy (non-hydrogen) atoms. The van der Waals surface area contributed by atoms with Crippen molar-refractivity contribution >= 4 is 11.6 Å². The summed E-state index contributed by atoms with van der Waals surface area (Å²) in [6.45, 7) is 0.330. The van der Waals surface area contributed by atoms with Gasteiger partial charge in [-0.3, -0.25) is 4.79 Å². The molecule has 0 bridgehead atoms. The van der Waals surface area contributed by atoms with Crippen LogP contribution in [-0.4, -0.2) is 15.7 Å². The number of carbonyl (C=O) groups excluding carboxylic acids is 1. The Balaban J connectivity index is 1.71. The first-order chi connectivity index (χ1) is 10.2. The Bertz CT molecular complexity index is 747. The van der Waals surface area contributed by atoms with Crippen LogP contribution in [0.3, 0.4) is 0 Å². The van der Waals surface area contributed by atoms with E-state index in [0.29, 0.717) is 23.7 Å². The fourth-order valence-electron chi connectivity index (χ4n) is 1.93. The number of hydrogen-bond acceptors (Lipinski definition) is 4. The van der Waals surface area contributed by atoms with Crippen molar-refractivity contribution in [3.8, 4) is 5.69 Å². The third-order valence-corrected chi connectivity index (χ3v) is 2.96. The number of nitrogen functional groups attached to an aromatic ring is 1. The van der Waals surface area contributed by atoms with Gasteiger partial charge in [0.2, 0.25) is 0 Å². The second kappa shape index (κ2) is 5.54. The molecule has 0 atom stereocenters. The topological polar surface area (TPSA) is 86.1 Å². The number of furan rings is 1. The summed E-state index contributed by atoms with van der Waals surface area (Å²) in [6, 6.07) is 12.5. The maximum atomic E-state index is 12.0. The minimum absolute atomic E-state index is 0.256. The van der Waals surface area contributed by atoms with E-state index in [2.05, 4.69) is 10.4 Å². The molecule has 0 aliphatic heterocycles. The van der Waals surface area contributed by atoms with Gasteiger partial charge in [-0.15, -0.1) is 0 Å². The lowest BCUT2D eigenvalue weighted by Gasteiger charge is -2.02. The van der Waals surface area contributed by atoms with Gasteiger partial charge in [-0.05, 0) is 36.4 Å². The predicted octanol–water partition coefficient (Wildman–Crippen LogP) is 1.98. The van der Waals surface area contributed by atoms with E-state index < -0.39 is 0 Å². The monoisotopic (exact) mass is 282 g/mol. The summed E-state index contributed by atoms with van der Waals surface area (Å²) in [5, 5.41) is 6.98. The molecule has 0 aliphatic rings. The van der Waals surface area contributed by atoms with Crippen molar-refractivity contribution in [2.45, 2.75) is 6.54 Å². The van der Waals surface area contributed by atoms with Gasteiger partial charge in [-0.1, -0.05) is 6.07 Å². The van der Waals surface area contributed by atoms with E-state index in [1.165, 1.54) is 0 Å². The second-order valence-electron chi connectivity index (χ2n) is 4.50. The van der Waals surface area contributed by atoms with Crippen LogP contribution in [0.1, 0.15) is 16.2 Å². The summed E-state index contributed by atoms with van der Waals surface area (Å²) in [5.41, 5.74) is 7.52. The maximum Gasteiger partial charge on any atom is 0.272 e. The predicted molar refractivity (Wildman–Crippen MR) is 77.9 cm³/mol. The van der Waals surface area contributed by atoms with Gasteiger partial charge in [0.15, 0.2) is 5.69 Å². The van der Waals surface area contributed by atoms with Crippen LogP contribution in [0.25, 0.3) is 5.69 Å². The Hall–Kier alpha value is -3.02. The zero-order valence-corrected chi connectivity index (χ0v) is 11.2. The van der Waals surface area contributed by atoms with Crippen molar-refractivity contribution in [1.82, 2.24) is 15.1 Å². The van der Waals surface area contributed by atoms with Crippen molar-refractivity contribution < 1.29 is 9.21 Å². The number of anilines is 1. The molecule has 2 aromatic heterocycles. The van der Waals surface area contributed by atoms with Gasteiger partial charge in [-0.25, -0.2) is 4.68 Å². The van der Waals surface area contributed by atoms with E-state index in [1.807, 2.05) is 12.1 Å². The summed E-state index contributed by atoms with van der Waals surface area (Å²) in [5.74, 6) is 0.438. The Labute approximate surface area is 121 Å². The highest BCUT2D eigenvalue weighted by molar-refractivity contribution is 5.92. The molecule has 1 amide bonds. The van der Waals surface area contributed by atoms with Crippen LogP contribution < -0.4 is 11.1 Å². The van der Waals surface area contributed by atoms with Crippen LogP contribution in [0.5, 0.6) is 0 Å². The first-order valence-electron chi connectivity index (χ1n) is 6.44. The van der Waals surface area contributed by atoms with Crippen LogP contribution in [-0.2, 0) is 6.54 Å². The fraction of sp³-hybridized carbons (Fsp3) is 0.0667. The van der Waals surface area contributed by atoms with Crippen LogP contribution in [0.4, 0.5) is 5.69 Å². The number of rotatable bonds is 4. The average molecular weight is 282 g/mol. The number of nitrogens with two attached hydrogens (primary N) is 1. The van der Waals surface area contributed by atoms with Crippen LogP contribution in [0.15, 0.2) is 59.3 Å². The summed E-state index contributed by atoms with van der Waals surface area (Å²) < 4.78 is 6.76. The highest BCUT2D eigenvalue weighted by Gasteiger charge is 2.10. The van der Waals surface area contributed by atoms with Crippen LogP contribution in [0.2, 0.25) is 0 Å². The van der Waals surface area contributed by atoms with Gasteiger partial charge in [0, 0.05) is 11.9 Å². The molecule has 0 spiro atoms. The molecule has 106 valence electrons. The number of nitrogens with one attached hydrogen (secondary N) is 1. The van der Waals surface area contributed by atoms with E-state index in [1.54, 1.807) is 47.5 Å². The first kappa shape index (κ1) is 13.0. The molecule has 0 aliphatic carbocycles. The van der Waals surface area contributed by atoms with E-state index in [0.717, 1.165) is 5.69 Å². The second-order valence-corrected chi connectivity index (χ2v) is 4.50. The number of carbonyl (C=O) groups is 1. The highest BCUT2D eigenvalue weighted by Crippen LogP contribution is 2.11. The third-order valence-electron chi connectivity index (χ3n) is 2.96. The molecule has 0 saturated heterocycles. The molecule has 0 saturated carbocycles. The van der Waals surface area contributed by atoms with Crippen molar-refractivity contribution in [2.75, 3.05) is 5.73 Å². The molecule has 2 heterocycles. The van der Waals surface area contributed by atoms with E-state index >= 15 is 0 Å². The van der Waals surface area contributed by atoms with Gasteiger partial charge >= 0.3 is 0 Å². The highest BCUT2D eigenvalue weighted by atomic mass is 16.3. The van der Waals surface area contributed by atoms with Gasteiger partial charge in [0.25, 0.3) is 5.91 Å². The van der Waals surface area contributed by atoms with E-state index in [-0.39, 0.29) is 5.91 Å². The lowest BCUT2D eigenvalue weighted by molar-refractivity contribution is 0.0942. The molecular weight excluding hydrogens is 268 g/mol. The Morgan fingerprint density at radius 1 is 1.29 bits per heavy atom. The molecule has 6 nitrogen and oxygen atoms in total. The van der Waals surface area contributed by atoms with Crippen LogP contribution in [0, 0.1) is 0 Å². The smallest absolute Gasteiger partial charge is 0.272 e. The molecule has 0 unspecified atom stereocenters. The summed E-state index contributed by atoms with van der Waals surface area (Å²) in [7, 11) is 0. The Kier molecular flexibility index (Phi) is 3.42. The third kappa shape index (κ3) is 2.94. The lowest BCUT2D eigenvalue weighted by Crippen LogP contribution is -2.23. The molecule has 3 rings (SSSR count). The zero-order chi connectivity index (χ0) is 14.7. The molecule has 3 aromatic rings. The minimum Gasteiger partial charge on any atom is -0.467 e. The van der Waals surface area contributed by atoms with Crippen LogP contribution >= 0.6 is 0 Å². The lowest BCUT2D eigenvalue weighted by atomic mass is 10.3. The van der Waals surface area contributed by atoms with Gasteiger partial charge in [-0.2, -0.15) is 5.10 Å². The van der Waals surface area contributed by atoms with Crippen molar-refractivity contribution in [2.24, 2.45) is 0 Å². The standard InChI is InChI=1S/C15H14N4O2/c16-11-3-1-4-12(9-11)19-7-6-14(18-19)15(20)17-10-13-5-2-8-21-13/h1-9H,10,16H2,(H,17,20). The number of amides is 1. The largest absolute Gasteiger partial charge is 0.467 e. The van der Waals surface area contributed by atoms with Gasteiger partial charge in [0.05, 0.1) is 18.5 Å². The average Bonchev–Trinajstić information content (AvgIpc) is 3.16. The molecule has 0 radical (unpaired) electrons. The molecule has 3 N–H and O–H groups in total. The molecule has 0 fully saturated rings. The van der Waals surface area contributed by atoms with E-state index in [4.69, 9.17) is 10.2 Å². The van der Waals surface area contributed by atoms with Gasteiger partial charge in [0.1, 0.15) is 5.76 Å². The number of aromatic nitrogens is 2. The maximum absolute atomic E-state index is 12.0. The number of hydrogen-bond donors (Lipinski definition) is 2. The van der Waals surface area contributed by atoms with E-state index in [9.17, 15) is 4.79 Å². The van der Waals surface area contributed by atoms with Crippen molar-refractivity contribution in [3.63, 3.8) is 0 Å². The normalized spacial score (nSPS) is 10.5. The number of nitrogens with zero attached hydrogens (tertiary/aromatic N) is 2. The summed E-state index contributed by atoms with van der Waals surface area (Å²) >= 11 is 0. The minimum atomic E-state index is -0.256. The Morgan fingerprint density at radius 3 is 2.95 bits per heavy atom. The van der Waals surface area contributed by atoms with Crippen molar-refractivity contribution in [1.29, 1.82) is 0 Å². The number of benzene rings is 1. The molecule has 1 aromatic carbocycles. The molecule has 6 heteroatoms. The van der Waals surface area contributed by atoms with Gasteiger partial charge < -0.3 is 15.5 Å². The Morgan fingerprint density at radius 2 is 2.19 bits per heavy atom. The SMILES string of the molecule is Nc1cccc(-n2ccc(C(=O)NCc3ccco3)n2)c1. The zero-order valence-electron chi connectivity index (χ0n) is 11.2. The quantitative estimate of drug-likeness (QED) is 0.716. The van der Waals surface area contributed by atoms with Crippen molar-refractivity contribution in [3.05, 3.63) is 66.4 Å².